The summed E-state index contributed by atoms with van der Waals surface area (Å²) in [5.74, 6) is -0.488. The molecule has 222 valence electrons. The van der Waals surface area contributed by atoms with E-state index >= 15 is 0 Å². The molecule has 0 bridgehead atoms. The molecule has 7 heteroatoms. The van der Waals surface area contributed by atoms with Gasteiger partial charge >= 0.3 is 5.97 Å². The minimum atomic E-state index is -1.02. The Hall–Kier alpha value is -4.91. The Balaban J connectivity index is 1.32. The molecule has 0 aromatic heterocycles. The van der Waals surface area contributed by atoms with E-state index in [1.165, 1.54) is 0 Å². The Morgan fingerprint density at radius 3 is 2.07 bits per heavy atom. The predicted octanol–water partition coefficient (Wildman–Crippen LogP) is 6.48. The van der Waals surface area contributed by atoms with Crippen molar-refractivity contribution in [3.63, 3.8) is 0 Å². The van der Waals surface area contributed by atoms with Crippen molar-refractivity contribution in [2.45, 2.75) is 39.3 Å². The minimum Gasteiger partial charge on any atom is -0.494 e. The Morgan fingerprint density at radius 2 is 1.42 bits per heavy atom. The van der Waals surface area contributed by atoms with Gasteiger partial charge < -0.3 is 20.1 Å². The molecule has 0 saturated heterocycles. The van der Waals surface area contributed by atoms with E-state index in [1.54, 1.807) is 48.5 Å². The van der Waals surface area contributed by atoms with Crippen molar-refractivity contribution < 1.29 is 24.2 Å². The van der Waals surface area contributed by atoms with Gasteiger partial charge in [0.2, 0.25) is 5.91 Å². The molecule has 1 amide bonds. The molecule has 2 N–H and O–H groups in total. The number of rotatable bonds is 15. The lowest BCUT2D eigenvalue weighted by atomic mass is 10.00. The summed E-state index contributed by atoms with van der Waals surface area (Å²) >= 11 is 0. The molecule has 0 aliphatic heterocycles. The lowest BCUT2D eigenvalue weighted by molar-refractivity contribution is -0.138. The first-order valence-corrected chi connectivity index (χ1v) is 14.5. The molecule has 0 aliphatic rings. The van der Waals surface area contributed by atoms with Gasteiger partial charge in [-0.05, 0) is 41.8 Å². The second-order valence-corrected chi connectivity index (χ2v) is 10.7. The highest BCUT2D eigenvalue weighted by Crippen LogP contribution is 2.22. The summed E-state index contributed by atoms with van der Waals surface area (Å²) in [6.45, 7) is 5.42. The summed E-state index contributed by atoms with van der Waals surface area (Å²) in [5, 5.41) is 13.0. The van der Waals surface area contributed by atoms with Gasteiger partial charge in [0, 0.05) is 42.2 Å². The van der Waals surface area contributed by atoms with Gasteiger partial charge in [-0.3, -0.25) is 9.59 Å². The first kappa shape index (κ1) is 31.0. The van der Waals surface area contributed by atoms with E-state index < -0.39 is 12.0 Å². The number of aliphatic carboxylic acids is 1. The van der Waals surface area contributed by atoms with Crippen LogP contribution in [-0.4, -0.2) is 46.9 Å². The van der Waals surface area contributed by atoms with Crippen LogP contribution in [0, 0.1) is 5.92 Å². The number of hydrogen-bond acceptors (Lipinski definition) is 5. The molecule has 7 nitrogen and oxygen atoms in total. The zero-order chi connectivity index (χ0) is 30.6. The fourth-order valence-electron chi connectivity index (χ4n) is 4.78. The third kappa shape index (κ3) is 9.04. The molecular weight excluding hydrogens is 540 g/mol. The molecule has 0 unspecified atom stereocenters. The summed E-state index contributed by atoms with van der Waals surface area (Å²) in [6, 6.07) is 32.2. The molecule has 0 spiro atoms. The highest BCUT2D eigenvalue weighted by molar-refractivity contribution is 6.12. The van der Waals surface area contributed by atoms with Crippen LogP contribution in [0.1, 0.15) is 47.3 Å². The number of nitrogens with one attached hydrogen (secondary N) is 1. The van der Waals surface area contributed by atoms with E-state index in [0.717, 1.165) is 11.1 Å². The van der Waals surface area contributed by atoms with Gasteiger partial charge in [0.05, 0.1) is 6.61 Å². The molecule has 4 aromatic carbocycles. The van der Waals surface area contributed by atoms with Gasteiger partial charge in [-0.25, -0.2) is 4.79 Å². The first-order chi connectivity index (χ1) is 20.8. The van der Waals surface area contributed by atoms with Gasteiger partial charge in [-0.1, -0.05) is 98.8 Å². The van der Waals surface area contributed by atoms with Crippen molar-refractivity contribution in [3.05, 3.63) is 131 Å². The van der Waals surface area contributed by atoms with Crippen LogP contribution in [-0.2, 0) is 22.6 Å². The zero-order valence-corrected chi connectivity index (χ0v) is 24.6. The lowest BCUT2D eigenvalue weighted by Gasteiger charge is -2.25. The van der Waals surface area contributed by atoms with Gasteiger partial charge in [0.25, 0.3) is 0 Å². The number of para-hydroxylation sites is 1. The van der Waals surface area contributed by atoms with E-state index in [1.807, 2.05) is 79.4 Å². The SMILES string of the molecule is CC(C)C(=O)N(CCCOc1ccc(C[C@H](Nc2ccccc2C(=O)c2ccccc2)C(=O)O)cc1)Cc1ccccc1. The summed E-state index contributed by atoms with van der Waals surface area (Å²) < 4.78 is 5.93. The number of amides is 1. The highest BCUT2D eigenvalue weighted by atomic mass is 16.5. The van der Waals surface area contributed by atoms with Crippen LogP contribution in [0.15, 0.2) is 109 Å². The van der Waals surface area contributed by atoms with Gasteiger partial charge in [-0.2, -0.15) is 0 Å². The van der Waals surface area contributed by atoms with Crippen molar-refractivity contribution in [3.8, 4) is 5.75 Å². The molecule has 4 aromatic rings. The molecule has 0 fully saturated rings. The Kier molecular flexibility index (Phi) is 11.1. The minimum absolute atomic E-state index is 0.0841. The van der Waals surface area contributed by atoms with Crippen molar-refractivity contribution in [2.24, 2.45) is 5.92 Å². The van der Waals surface area contributed by atoms with E-state index in [-0.39, 0.29) is 24.0 Å². The van der Waals surface area contributed by atoms with Crippen molar-refractivity contribution in [2.75, 3.05) is 18.5 Å². The smallest absolute Gasteiger partial charge is 0.326 e. The Morgan fingerprint density at radius 1 is 0.791 bits per heavy atom. The molecule has 4 rings (SSSR count). The van der Waals surface area contributed by atoms with Crippen LogP contribution in [0.25, 0.3) is 0 Å². The van der Waals surface area contributed by atoms with Crippen molar-refractivity contribution in [1.29, 1.82) is 0 Å². The fraction of sp³-hybridized carbons (Fsp3) is 0.250. The normalized spacial score (nSPS) is 11.5. The number of carboxylic acid groups (broad SMARTS) is 1. The fourth-order valence-corrected chi connectivity index (χ4v) is 4.78. The van der Waals surface area contributed by atoms with Gasteiger partial charge in [0.1, 0.15) is 11.8 Å². The van der Waals surface area contributed by atoms with Crippen LogP contribution >= 0.6 is 0 Å². The lowest BCUT2D eigenvalue weighted by Crippen LogP contribution is -2.35. The number of benzene rings is 4. The van der Waals surface area contributed by atoms with Crippen LogP contribution in [0.5, 0.6) is 5.75 Å². The van der Waals surface area contributed by atoms with Crippen LogP contribution in [0.2, 0.25) is 0 Å². The van der Waals surface area contributed by atoms with Gasteiger partial charge in [-0.15, -0.1) is 0 Å². The monoisotopic (exact) mass is 578 g/mol. The first-order valence-electron chi connectivity index (χ1n) is 14.5. The second kappa shape index (κ2) is 15.4. The Bertz CT molecular complexity index is 1490. The number of carbonyl (C=O) groups is 3. The second-order valence-electron chi connectivity index (χ2n) is 10.7. The van der Waals surface area contributed by atoms with E-state index in [4.69, 9.17) is 4.74 Å². The summed E-state index contributed by atoms with van der Waals surface area (Å²) in [7, 11) is 0. The van der Waals surface area contributed by atoms with Gasteiger partial charge in [0.15, 0.2) is 5.78 Å². The third-order valence-electron chi connectivity index (χ3n) is 7.06. The van der Waals surface area contributed by atoms with E-state index in [9.17, 15) is 19.5 Å². The number of ether oxygens (including phenoxy) is 1. The number of ketones is 1. The average molecular weight is 579 g/mol. The van der Waals surface area contributed by atoms with E-state index in [2.05, 4.69) is 5.32 Å². The molecule has 0 radical (unpaired) electrons. The van der Waals surface area contributed by atoms with Crippen molar-refractivity contribution >= 4 is 23.3 Å². The van der Waals surface area contributed by atoms with Crippen molar-refractivity contribution in [1.82, 2.24) is 4.90 Å². The van der Waals surface area contributed by atoms with Crippen LogP contribution < -0.4 is 10.1 Å². The molecule has 0 heterocycles. The highest BCUT2D eigenvalue weighted by Gasteiger charge is 2.22. The van der Waals surface area contributed by atoms with Crippen LogP contribution in [0.4, 0.5) is 5.69 Å². The molecule has 0 aliphatic carbocycles. The average Bonchev–Trinajstić information content (AvgIpc) is 3.03. The summed E-state index contributed by atoms with van der Waals surface area (Å²) in [4.78, 5) is 39.9. The zero-order valence-electron chi connectivity index (χ0n) is 24.6. The summed E-state index contributed by atoms with van der Waals surface area (Å²) in [5.41, 5.74) is 3.33. The number of carboxylic acids is 1. The third-order valence-corrected chi connectivity index (χ3v) is 7.06. The standard InChI is InChI=1S/C36H38N2O5/c1-26(2)35(40)38(25-28-12-5-3-6-13-28)22-11-23-43-30-20-18-27(19-21-30)24-33(36(41)42)37-32-17-10-9-16-31(32)34(39)29-14-7-4-8-15-29/h3-10,12-21,26,33,37H,11,22-25H2,1-2H3,(H,41,42)/t33-/m0/s1. The molecular formula is C36H38N2O5. The number of carbonyl (C=O) groups excluding carboxylic acids is 2. The van der Waals surface area contributed by atoms with Crippen LogP contribution in [0.3, 0.4) is 0 Å². The maximum Gasteiger partial charge on any atom is 0.326 e. The largest absolute Gasteiger partial charge is 0.494 e. The number of nitrogens with zero attached hydrogens (tertiary/aromatic N) is 1. The Labute approximate surface area is 253 Å². The predicted molar refractivity (Wildman–Crippen MR) is 168 cm³/mol. The molecule has 1 atom stereocenters. The number of hydrogen-bond donors (Lipinski definition) is 2. The van der Waals surface area contributed by atoms with E-state index in [0.29, 0.717) is 48.7 Å². The molecule has 43 heavy (non-hydrogen) atoms. The number of anilines is 1. The maximum absolute atomic E-state index is 13.1. The quantitative estimate of drug-likeness (QED) is 0.124. The molecule has 0 saturated carbocycles. The topological polar surface area (TPSA) is 95.9 Å². The summed E-state index contributed by atoms with van der Waals surface area (Å²) in [6.07, 6.45) is 0.897. The maximum atomic E-state index is 13.1.